The standard InChI is InChI=1S/C27H37ClN6O4/c1-17-24(32-23(15-29-17)30-13-18-7-10-37-11-8-18)20-12-22(31-14-21(20)28)33-25(35)19-6-5-9-34(16-19)26(36)38-27(2,3)4/h12,14-15,18-19H,5-11,13,16H2,1-4H3,(H,30,32)(H,31,33,35). The molecular weight excluding hydrogens is 508 g/mol. The largest absolute Gasteiger partial charge is 0.444 e. The van der Waals surface area contributed by atoms with Crippen LogP contribution in [-0.2, 0) is 14.3 Å². The molecular formula is C27H37ClN6O4. The molecule has 1 unspecified atom stereocenters. The first kappa shape index (κ1) is 28.0. The van der Waals surface area contributed by atoms with Crippen molar-refractivity contribution in [3.05, 3.63) is 29.2 Å². The van der Waals surface area contributed by atoms with Crippen LogP contribution in [0.4, 0.5) is 16.4 Å². The van der Waals surface area contributed by atoms with E-state index in [0.717, 1.165) is 39.0 Å². The van der Waals surface area contributed by atoms with Crippen molar-refractivity contribution < 1.29 is 19.1 Å². The molecule has 2 N–H and O–H groups in total. The Balaban J connectivity index is 1.44. The molecule has 2 aromatic heterocycles. The molecule has 0 aliphatic carbocycles. The number of carbonyl (C=O) groups is 2. The molecule has 0 spiro atoms. The van der Waals surface area contributed by atoms with Crippen molar-refractivity contribution in [2.75, 3.05) is 43.5 Å². The smallest absolute Gasteiger partial charge is 0.410 e. The molecule has 2 saturated heterocycles. The van der Waals surface area contributed by atoms with Crippen molar-refractivity contribution in [1.82, 2.24) is 19.9 Å². The highest BCUT2D eigenvalue weighted by Gasteiger charge is 2.31. The highest BCUT2D eigenvalue weighted by molar-refractivity contribution is 6.33. The number of anilines is 2. The Bertz CT molecular complexity index is 1150. The predicted octanol–water partition coefficient (Wildman–Crippen LogP) is 4.92. The Morgan fingerprint density at radius 3 is 2.66 bits per heavy atom. The second-order valence-corrected chi connectivity index (χ2v) is 11.3. The van der Waals surface area contributed by atoms with Crippen LogP contribution in [0.2, 0.25) is 5.02 Å². The summed E-state index contributed by atoms with van der Waals surface area (Å²) in [7, 11) is 0. The summed E-state index contributed by atoms with van der Waals surface area (Å²) in [5.74, 6) is 1.00. The molecule has 2 aliphatic heterocycles. The Morgan fingerprint density at radius 2 is 1.92 bits per heavy atom. The van der Waals surface area contributed by atoms with Gasteiger partial charge in [-0.25, -0.2) is 14.8 Å². The summed E-state index contributed by atoms with van der Waals surface area (Å²) in [5, 5.41) is 6.70. The molecule has 1 atom stereocenters. The second kappa shape index (κ2) is 12.3. The van der Waals surface area contributed by atoms with Gasteiger partial charge in [-0.3, -0.25) is 9.78 Å². The molecule has 38 heavy (non-hydrogen) atoms. The van der Waals surface area contributed by atoms with E-state index in [-0.39, 0.29) is 11.8 Å². The fourth-order valence-corrected chi connectivity index (χ4v) is 4.78. The van der Waals surface area contributed by atoms with E-state index in [0.29, 0.717) is 59.0 Å². The van der Waals surface area contributed by atoms with Crippen LogP contribution in [0.25, 0.3) is 11.3 Å². The van der Waals surface area contributed by atoms with Gasteiger partial charge in [0.1, 0.15) is 17.2 Å². The number of halogens is 1. The molecule has 0 aromatic carbocycles. The maximum Gasteiger partial charge on any atom is 0.410 e. The lowest BCUT2D eigenvalue weighted by Gasteiger charge is -2.33. The van der Waals surface area contributed by atoms with Crippen molar-refractivity contribution in [2.24, 2.45) is 11.8 Å². The van der Waals surface area contributed by atoms with Crippen molar-refractivity contribution in [3.8, 4) is 11.3 Å². The van der Waals surface area contributed by atoms with E-state index in [1.165, 1.54) is 6.20 Å². The molecule has 11 heteroatoms. The highest BCUT2D eigenvalue weighted by atomic mass is 35.5. The summed E-state index contributed by atoms with van der Waals surface area (Å²) in [6.07, 6.45) is 6.26. The van der Waals surface area contributed by atoms with E-state index in [9.17, 15) is 9.59 Å². The van der Waals surface area contributed by atoms with Gasteiger partial charge in [0.05, 0.1) is 28.5 Å². The fourth-order valence-electron chi connectivity index (χ4n) is 4.59. The Labute approximate surface area is 228 Å². The zero-order valence-corrected chi connectivity index (χ0v) is 23.3. The van der Waals surface area contributed by atoms with Crippen LogP contribution < -0.4 is 10.6 Å². The number of aryl methyl sites for hydroxylation is 1. The normalized spacial score (nSPS) is 18.7. The van der Waals surface area contributed by atoms with E-state index in [1.807, 2.05) is 27.7 Å². The fraction of sp³-hybridized carbons (Fsp3) is 0.593. The van der Waals surface area contributed by atoms with Gasteiger partial charge in [-0.05, 0) is 65.4 Å². The lowest BCUT2D eigenvalue weighted by Crippen LogP contribution is -2.45. The van der Waals surface area contributed by atoms with E-state index >= 15 is 0 Å². The first-order valence-corrected chi connectivity index (χ1v) is 13.6. The minimum absolute atomic E-state index is 0.200. The number of hydrogen-bond donors (Lipinski definition) is 2. The Morgan fingerprint density at radius 1 is 1.16 bits per heavy atom. The predicted molar refractivity (Wildman–Crippen MR) is 146 cm³/mol. The van der Waals surface area contributed by atoms with Crippen LogP contribution >= 0.6 is 11.6 Å². The third kappa shape index (κ3) is 7.54. The first-order valence-electron chi connectivity index (χ1n) is 13.2. The number of likely N-dealkylation sites (tertiary alicyclic amines) is 1. The molecule has 2 aromatic rings. The SMILES string of the molecule is Cc1ncc(NCC2CCOCC2)nc1-c1cc(NC(=O)C2CCCN(C(=O)OC(C)(C)C)C2)ncc1Cl. The van der Waals surface area contributed by atoms with E-state index in [2.05, 4.69) is 20.6 Å². The molecule has 206 valence electrons. The summed E-state index contributed by atoms with van der Waals surface area (Å²) in [4.78, 5) is 40.8. The number of ether oxygens (including phenoxy) is 2. The van der Waals surface area contributed by atoms with Crippen LogP contribution in [0.1, 0.15) is 52.1 Å². The maximum absolute atomic E-state index is 13.1. The van der Waals surface area contributed by atoms with Crippen LogP contribution in [0.5, 0.6) is 0 Å². The number of carbonyl (C=O) groups excluding carboxylic acids is 2. The summed E-state index contributed by atoms with van der Waals surface area (Å²) in [6, 6.07) is 1.72. The molecule has 0 saturated carbocycles. The number of nitrogens with zero attached hydrogens (tertiary/aromatic N) is 4. The molecule has 10 nitrogen and oxygen atoms in total. The van der Waals surface area contributed by atoms with Crippen molar-refractivity contribution in [2.45, 2.75) is 59.0 Å². The number of piperidine rings is 1. The molecule has 2 fully saturated rings. The second-order valence-electron chi connectivity index (χ2n) is 10.9. The van der Waals surface area contributed by atoms with E-state index < -0.39 is 11.7 Å². The van der Waals surface area contributed by atoms with Crippen LogP contribution in [0.15, 0.2) is 18.5 Å². The van der Waals surface area contributed by atoms with Gasteiger partial charge in [0.15, 0.2) is 0 Å². The molecule has 0 radical (unpaired) electrons. The average molecular weight is 545 g/mol. The van der Waals surface area contributed by atoms with E-state index in [1.54, 1.807) is 17.2 Å². The van der Waals surface area contributed by atoms with Crippen molar-refractivity contribution >= 4 is 35.2 Å². The van der Waals surface area contributed by atoms with Gasteiger partial charge in [-0.15, -0.1) is 0 Å². The van der Waals surface area contributed by atoms with Gasteiger partial charge >= 0.3 is 6.09 Å². The molecule has 4 rings (SSSR count). The number of nitrogens with one attached hydrogen (secondary N) is 2. The van der Waals surface area contributed by atoms with E-state index in [4.69, 9.17) is 26.1 Å². The van der Waals surface area contributed by atoms with Crippen LogP contribution in [0.3, 0.4) is 0 Å². The first-order chi connectivity index (χ1) is 18.1. The average Bonchev–Trinajstić information content (AvgIpc) is 2.89. The van der Waals surface area contributed by atoms with Gasteiger partial charge in [-0.1, -0.05) is 11.6 Å². The summed E-state index contributed by atoms with van der Waals surface area (Å²) < 4.78 is 10.9. The van der Waals surface area contributed by atoms with Gasteiger partial charge < -0.3 is 25.0 Å². The highest BCUT2D eigenvalue weighted by Crippen LogP contribution is 2.31. The molecule has 4 heterocycles. The number of rotatable bonds is 6. The van der Waals surface area contributed by atoms with Crippen molar-refractivity contribution in [3.63, 3.8) is 0 Å². The lowest BCUT2D eigenvalue weighted by atomic mass is 9.97. The molecule has 2 aliphatic rings. The Kier molecular flexibility index (Phi) is 9.04. The quantitative estimate of drug-likeness (QED) is 0.525. The number of pyridine rings is 1. The topological polar surface area (TPSA) is 119 Å². The third-order valence-corrected chi connectivity index (χ3v) is 6.97. The van der Waals surface area contributed by atoms with Gasteiger partial charge in [-0.2, -0.15) is 0 Å². The summed E-state index contributed by atoms with van der Waals surface area (Å²) in [5.41, 5.74) is 1.39. The molecule has 2 amide bonds. The molecule has 0 bridgehead atoms. The zero-order valence-electron chi connectivity index (χ0n) is 22.6. The minimum Gasteiger partial charge on any atom is -0.444 e. The number of aromatic nitrogens is 3. The van der Waals surface area contributed by atoms with Crippen LogP contribution in [-0.4, -0.2) is 70.3 Å². The Hall–Kier alpha value is -2.98. The number of hydrogen-bond acceptors (Lipinski definition) is 8. The third-order valence-electron chi connectivity index (χ3n) is 6.67. The van der Waals surface area contributed by atoms with Gasteiger partial charge in [0.2, 0.25) is 5.91 Å². The maximum atomic E-state index is 13.1. The number of amides is 2. The van der Waals surface area contributed by atoms with Gasteiger partial charge in [0, 0.05) is 44.6 Å². The van der Waals surface area contributed by atoms with Crippen molar-refractivity contribution in [1.29, 1.82) is 0 Å². The van der Waals surface area contributed by atoms with Crippen LogP contribution in [0, 0.1) is 18.8 Å². The monoisotopic (exact) mass is 544 g/mol. The lowest BCUT2D eigenvalue weighted by molar-refractivity contribution is -0.121. The zero-order chi connectivity index (χ0) is 27.3. The summed E-state index contributed by atoms with van der Waals surface area (Å²) in [6.45, 7) is 10.6. The minimum atomic E-state index is -0.589. The van der Waals surface area contributed by atoms with Gasteiger partial charge in [0.25, 0.3) is 0 Å². The summed E-state index contributed by atoms with van der Waals surface area (Å²) >= 11 is 6.51.